The molecule has 1 aromatic heterocycles. The van der Waals surface area contributed by atoms with Crippen LogP contribution in [0.2, 0.25) is 0 Å². The normalized spacial score (nSPS) is 11.0. The lowest BCUT2D eigenvalue weighted by Crippen LogP contribution is -2.21. The van der Waals surface area contributed by atoms with Crippen LogP contribution in [0.1, 0.15) is 36.2 Å². The zero-order valence-corrected chi connectivity index (χ0v) is 13.7. The monoisotopic (exact) mass is 324 g/mol. The average Bonchev–Trinajstić information content (AvgIpc) is 2.60. The first-order valence-electron chi connectivity index (χ1n) is 7.71. The summed E-state index contributed by atoms with van der Waals surface area (Å²) in [7, 11) is 0. The molecule has 0 aliphatic carbocycles. The van der Waals surface area contributed by atoms with Crippen LogP contribution in [0.25, 0.3) is 0 Å². The molecule has 0 spiro atoms. The summed E-state index contributed by atoms with van der Waals surface area (Å²) in [6.45, 7) is 3.73. The van der Waals surface area contributed by atoms with Crippen LogP contribution in [0.15, 0.2) is 53.9 Å². The van der Waals surface area contributed by atoms with Gasteiger partial charge in [0, 0.05) is 29.4 Å². The third-order valence-corrected chi connectivity index (χ3v) is 3.38. The van der Waals surface area contributed by atoms with Crippen molar-refractivity contribution in [3.63, 3.8) is 0 Å². The van der Waals surface area contributed by atoms with Crippen molar-refractivity contribution in [1.29, 1.82) is 0 Å². The van der Waals surface area contributed by atoms with Gasteiger partial charge in [-0.25, -0.2) is 5.43 Å². The summed E-state index contributed by atoms with van der Waals surface area (Å²) in [6.07, 6.45) is 4.01. The van der Waals surface area contributed by atoms with Crippen molar-refractivity contribution in [2.24, 2.45) is 5.10 Å². The summed E-state index contributed by atoms with van der Waals surface area (Å²) in [5.41, 5.74) is 5.29. The molecule has 0 bridgehead atoms. The predicted molar refractivity (Wildman–Crippen MR) is 93.9 cm³/mol. The number of aromatic nitrogens is 1. The van der Waals surface area contributed by atoms with Crippen LogP contribution in [0, 0.1) is 0 Å². The van der Waals surface area contributed by atoms with Gasteiger partial charge in [0.25, 0.3) is 5.91 Å². The molecule has 24 heavy (non-hydrogen) atoms. The zero-order valence-electron chi connectivity index (χ0n) is 13.7. The van der Waals surface area contributed by atoms with E-state index in [1.54, 1.807) is 19.1 Å². The van der Waals surface area contributed by atoms with Crippen LogP contribution in [0.4, 0.5) is 5.69 Å². The molecule has 2 rings (SSSR count). The molecule has 2 N–H and O–H groups in total. The summed E-state index contributed by atoms with van der Waals surface area (Å²) in [4.78, 5) is 27.8. The highest BCUT2D eigenvalue weighted by atomic mass is 16.2. The van der Waals surface area contributed by atoms with Gasteiger partial charge in [-0.2, -0.15) is 5.10 Å². The third-order valence-electron chi connectivity index (χ3n) is 3.38. The second-order valence-electron chi connectivity index (χ2n) is 5.26. The SMILES string of the molecule is CCc1ccccc1NC(=O)C/C(C)=N\NC(=O)c1ccncc1. The van der Waals surface area contributed by atoms with E-state index in [1.165, 1.54) is 12.4 Å². The van der Waals surface area contributed by atoms with Gasteiger partial charge in [-0.1, -0.05) is 25.1 Å². The number of aryl methyl sites for hydroxylation is 1. The molecule has 124 valence electrons. The highest BCUT2D eigenvalue weighted by molar-refractivity contribution is 6.06. The number of benzene rings is 1. The van der Waals surface area contributed by atoms with Crippen LogP contribution in [0.3, 0.4) is 0 Å². The number of nitrogens with zero attached hydrogens (tertiary/aromatic N) is 2. The van der Waals surface area contributed by atoms with Crippen LogP contribution in [-0.2, 0) is 11.2 Å². The third kappa shape index (κ3) is 5.01. The van der Waals surface area contributed by atoms with E-state index in [-0.39, 0.29) is 18.2 Å². The molecule has 0 aliphatic heterocycles. The van der Waals surface area contributed by atoms with Gasteiger partial charge in [-0.15, -0.1) is 0 Å². The number of carbonyl (C=O) groups is 2. The lowest BCUT2D eigenvalue weighted by molar-refractivity contribution is -0.115. The minimum absolute atomic E-state index is 0.106. The molecular formula is C18H20N4O2. The number of hydrazone groups is 1. The fourth-order valence-electron chi connectivity index (χ4n) is 2.13. The number of pyridine rings is 1. The number of amides is 2. The topological polar surface area (TPSA) is 83.5 Å². The first kappa shape index (κ1) is 17.3. The van der Waals surface area contributed by atoms with Gasteiger partial charge in [0.2, 0.25) is 5.91 Å². The Bertz CT molecular complexity index is 742. The second-order valence-corrected chi connectivity index (χ2v) is 5.26. The van der Waals surface area contributed by atoms with E-state index in [4.69, 9.17) is 0 Å². The summed E-state index contributed by atoms with van der Waals surface area (Å²) >= 11 is 0. The first-order chi connectivity index (χ1) is 11.6. The highest BCUT2D eigenvalue weighted by Gasteiger charge is 2.08. The first-order valence-corrected chi connectivity index (χ1v) is 7.71. The van der Waals surface area contributed by atoms with Crippen molar-refractivity contribution >= 4 is 23.2 Å². The fourth-order valence-corrected chi connectivity index (χ4v) is 2.13. The number of para-hydroxylation sites is 1. The maximum absolute atomic E-state index is 12.1. The predicted octanol–water partition coefficient (Wildman–Crippen LogP) is 2.78. The van der Waals surface area contributed by atoms with Gasteiger partial charge >= 0.3 is 0 Å². The molecule has 6 nitrogen and oxygen atoms in total. The minimum Gasteiger partial charge on any atom is -0.326 e. The van der Waals surface area contributed by atoms with E-state index >= 15 is 0 Å². The smallest absolute Gasteiger partial charge is 0.271 e. The Morgan fingerprint density at radius 2 is 1.83 bits per heavy atom. The number of carbonyl (C=O) groups excluding carboxylic acids is 2. The van der Waals surface area contributed by atoms with E-state index in [9.17, 15) is 9.59 Å². The number of hydrogen-bond donors (Lipinski definition) is 2. The van der Waals surface area contributed by atoms with Crippen LogP contribution < -0.4 is 10.7 Å². The quantitative estimate of drug-likeness (QED) is 0.633. The molecule has 2 aromatic rings. The van der Waals surface area contributed by atoms with E-state index in [0.717, 1.165) is 17.7 Å². The Kier molecular flexibility index (Phi) is 6.19. The van der Waals surface area contributed by atoms with Crippen molar-refractivity contribution in [2.45, 2.75) is 26.7 Å². The Labute approximate surface area is 141 Å². The Morgan fingerprint density at radius 1 is 1.12 bits per heavy atom. The maximum Gasteiger partial charge on any atom is 0.271 e. The number of rotatable bonds is 6. The number of anilines is 1. The van der Waals surface area contributed by atoms with Gasteiger partial charge in [0.05, 0.1) is 6.42 Å². The standard InChI is InChI=1S/C18H20N4O2/c1-3-14-6-4-5-7-16(14)20-17(23)12-13(2)21-22-18(24)15-8-10-19-11-9-15/h4-11H,3,12H2,1-2H3,(H,20,23)(H,22,24)/b21-13-. The number of nitrogens with one attached hydrogen (secondary N) is 2. The van der Waals surface area contributed by atoms with E-state index in [1.807, 2.05) is 31.2 Å². The molecule has 0 aliphatic rings. The summed E-state index contributed by atoms with van der Waals surface area (Å²) in [5.74, 6) is -0.510. The lowest BCUT2D eigenvalue weighted by atomic mass is 10.1. The zero-order chi connectivity index (χ0) is 17.4. The molecule has 1 heterocycles. The molecule has 0 unspecified atom stereocenters. The minimum atomic E-state index is -0.339. The molecule has 0 fully saturated rings. The summed E-state index contributed by atoms with van der Waals surface area (Å²) in [5, 5.41) is 6.83. The van der Waals surface area contributed by atoms with E-state index in [0.29, 0.717) is 11.3 Å². The molecule has 0 radical (unpaired) electrons. The van der Waals surface area contributed by atoms with Gasteiger partial charge in [-0.3, -0.25) is 14.6 Å². The van der Waals surface area contributed by atoms with Crippen LogP contribution in [-0.4, -0.2) is 22.5 Å². The van der Waals surface area contributed by atoms with Gasteiger partial charge in [0.15, 0.2) is 0 Å². The van der Waals surface area contributed by atoms with Crippen LogP contribution in [0.5, 0.6) is 0 Å². The van der Waals surface area contributed by atoms with Crippen molar-refractivity contribution in [3.8, 4) is 0 Å². The lowest BCUT2D eigenvalue weighted by Gasteiger charge is -2.09. The fraction of sp³-hybridized carbons (Fsp3) is 0.222. The largest absolute Gasteiger partial charge is 0.326 e. The Hall–Kier alpha value is -3.02. The molecular weight excluding hydrogens is 304 g/mol. The highest BCUT2D eigenvalue weighted by Crippen LogP contribution is 2.15. The Morgan fingerprint density at radius 3 is 2.54 bits per heavy atom. The molecule has 0 saturated carbocycles. The van der Waals surface area contributed by atoms with Gasteiger partial charge in [-0.05, 0) is 37.1 Å². The van der Waals surface area contributed by atoms with Crippen molar-refractivity contribution in [3.05, 3.63) is 59.9 Å². The molecule has 0 atom stereocenters. The number of hydrogen-bond acceptors (Lipinski definition) is 4. The molecule has 0 saturated heterocycles. The van der Waals surface area contributed by atoms with E-state index in [2.05, 4.69) is 20.8 Å². The summed E-state index contributed by atoms with van der Waals surface area (Å²) < 4.78 is 0. The van der Waals surface area contributed by atoms with E-state index < -0.39 is 0 Å². The maximum atomic E-state index is 12.1. The molecule has 6 heteroatoms. The second kappa shape index (κ2) is 8.57. The Balaban J connectivity index is 1.90. The van der Waals surface area contributed by atoms with Gasteiger partial charge < -0.3 is 5.32 Å². The molecule has 1 aromatic carbocycles. The van der Waals surface area contributed by atoms with Crippen molar-refractivity contribution < 1.29 is 9.59 Å². The average molecular weight is 324 g/mol. The van der Waals surface area contributed by atoms with Crippen molar-refractivity contribution in [1.82, 2.24) is 10.4 Å². The van der Waals surface area contributed by atoms with Gasteiger partial charge in [0.1, 0.15) is 0 Å². The molecule has 2 amide bonds. The van der Waals surface area contributed by atoms with Crippen LogP contribution >= 0.6 is 0 Å². The summed E-state index contributed by atoms with van der Waals surface area (Å²) in [6, 6.07) is 10.9. The van der Waals surface area contributed by atoms with Crippen molar-refractivity contribution in [2.75, 3.05) is 5.32 Å².